The van der Waals surface area contributed by atoms with E-state index >= 15 is 0 Å². The van der Waals surface area contributed by atoms with Crippen LogP contribution in [-0.4, -0.2) is 17.1 Å². The maximum Gasteiger partial charge on any atom is 0.141 e. The van der Waals surface area contributed by atoms with Crippen molar-refractivity contribution in [2.45, 2.75) is 44.4 Å². The molecular formula is C12H17FN2O. The highest BCUT2D eigenvalue weighted by molar-refractivity contribution is 5.08. The zero-order valence-corrected chi connectivity index (χ0v) is 9.23. The Morgan fingerprint density at radius 3 is 2.75 bits per heavy atom. The number of ether oxygens (including phenoxy) is 1. The molecule has 88 valence electrons. The fourth-order valence-corrected chi connectivity index (χ4v) is 2.00. The molecule has 16 heavy (non-hydrogen) atoms. The number of nitrogens with zero attached hydrogens (tertiary/aromatic N) is 1. The Labute approximate surface area is 94.8 Å². The summed E-state index contributed by atoms with van der Waals surface area (Å²) < 4.78 is 18.6. The Morgan fingerprint density at radius 1 is 1.31 bits per heavy atom. The first-order valence-electron chi connectivity index (χ1n) is 5.70. The summed E-state index contributed by atoms with van der Waals surface area (Å²) in [6.07, 6.45) is 7.15. The molecule has 1 aliphatic carbocycles. The number of hydrogen-bond donors (Lipinski definition) is 1. The summed E-state index contributed by atoms with van der Waals surface area (Å²) in [7, 11) is 0. The molecule has 0 spiro atoms. The average molecular weight is 224 g/mol. The smallest absolute Gasteiger partial charge is 0.141 e. The molecule has 2 N–H and O–H groups in total. The average Bonchev–Trinajstić information content (AvgIpc) is 2.28. The number of aromatic nitrogens is 1. The molecule has 1 aliphatic rings. The van der Waals surface area contributed by atoms with E-state index in [4.69, 9.17) is 10.5 Å². The molecule has 0 unspecified atom stereocenters. The quantitative estimate of drug-likeness (QED) is 0.854. The lowest BCUT2D eigenvalue weighted by Crippen LogP contribution is -2.30. The van der Waals surface area contributed by atoms with Crippen molar-refractivity contribution in [1.82, 2.24) is 4.98 Å². The van der Waals surface area contributed by atoms with E-state index in [2.05, 4.69) is 4.98 Å². The Kier molecular flexibility index (Phi) is 3.85. The summed E-state index contributed by atoms with van der Waals surface area (Å²) in [5.74, 6) is -0.313. The minimum Gasteiger partial charge on any atom is -0.373 e. The van der Waals surface area contributed by atoms with Crippen molar-refractivity contribution in [3.05, 3.63) is 29.8 Å². The highest BCUT2D eigenvalue weighted by atomic mass is 19.1. The highest BCUT2D eigenvalue weighted by Crippen LogP contribution is 2.20. The van der Waals surface area contributed by atoms with Crippen LogP contribution < -0.4 is 5.73 Å². The van der Waals surface area contributed by atoms with Crippen LogP contribution in [0.4, 0.5) is 4.39 Å². The van der Waals surface area contributed by atoms with Gasteiger partial charge >= 0.3 is 0 Å². The summed E-state index contributed by atoms with van der Waals surface area (Å²) in [6, 6.07) is 1.79. The number of halogens is 1. The topological polar surface area (TPSA) is 48.1 Å². The second kappa shape index (κ2) is 5.37. The van der Waals surface area contributed by atoms with Crippen LogP contribution in [0.1, 0.15) is 31.2 Å². The molecule has 0 atom stereocenters. The van der Waals surface area contributed by atoms with Crippen molar-refractivity contribution in [1.29, 1.82) is 0 Å². The van der Waals surface area contributed by atoms with Crippen LogP contribution in [0.25, 0.3) is 0 Å². The van der Waals surface area contributed by atoms with E-state index in [0.29, 0.717) is 12.6 Å². The van der Waals surface area contributed by atoms with Gasteiger partial charge in [-0.3, -0.25) is 4.98 Å². The monoisotopic (exact) mass is 224 g/mol. The Bertz CT molecular complexity index is 338. The highest BCUT2D eigenvalue weighted by Gasteiger charge is 2.18. The first-order valence-corrected chi connectivity index (χ1v) is 5.70. The van der Waals surface area contributed by atoms with Crippen molar-refractivity contribution in [3.8, 4) is 0 Å². The Hall–Kier alpha value is -1.00. The van der Waals surface area contributed by atoms with Gasteiger partial charge in [-0.05, 0) is 37.3 Å². The molecule has 1 fully saturated rings. The molecule has 2 rings (SSSR count). The SMILES string of the molecule is NC1CCC(OCc2cncc(F)c2)CC1. The molecule has 0 bridgehead atoms. The van der Waals surface area contributed by atoms with Gasteiger partial charge in [0.05, 0.1) is 18.9 Å². The van der Waals surface area contributed by atoms with Crippen LogP contribution >= 0.6 is 0 Å². The molecule has 4 heteroatoms. The summed E-state index contributed by atoms with van der Waals surface area (Å²) >= 11 is 0. The maximum absolute atomic E-state index is 12.8. The van der Waals surface area contributed by atoms with Crippen LogP contribution in [0.2, 0.25) is 0 Å². The maximum atomic E-state index is 12.8. The molecule has 3 nitrogen and oxygen atoms in total. The summed E-state index contributed by atoms with van der Waals surface area (Å²) in [5, 5.41) is 0. The van der Waals surface area contributed by atoms with Crippen molar-refractivity contribution in [3.63, 3.8) is 0 Å². The van der Waals surface area contributed by atoms with E-state index < -0.39 is 0 Å². The fourth-order valence-electron chi connectivity index (χ4n) is 2.00. The van der Waals surface area contributed by atoms with Gasteiger partial charge in [0.15, 0.2) is 0 Å². The molecule has 1 heterocycles. The lowest BCUT2D eigenvalue weighted by molar-refractivity contribution is 0.0136. The van der Waals surface area contributed by atoms with Gasteiger partial charge in [-0.1, -0.05) is 0 Å². The minimum absolute atomic E-state index is 0.267. The summed E-state index contributed by atoms with van der Waals surface area (Å²) in [6.45, 7) is 0.435. The van der Waals surface area contributed by atoms with E-state index in [-0.39, 0.29) is 11.9 Å². The van der Waals surface area contributed by atoms with Gasteiger partial charge in [0, 0.05) is 12.2 Å². The molecule has 0 aliphatic heterocycles. The van der Waals surface area contributed by atoms with Crippen molar-refractivity contribution in [2.24, 2.45) is 5.73 Å². The number of hydrogen-bond acceptors (Lipinski definition) is 3. The van der Waals surface area contributed by atoms with Crippen LogP contribution in [0, 0.1) is 5.82 Å². The lowest BCUT2D eigenvalue weighted by atomic mass is 9.94. The van der Waals surface area contributed by atoms with Crippen LogP contribution in [-0.2, 0) is 11.3 Å². The predicted octanol–water partition coefficient (Wildman–Crippen LogP) is 2.01. The third-order valence-corrected chi connectivity index (χ3v) is 2.97. The van der Waals surface area contributed by atoms with E-state index in [9.17, 15) is 4.39 Å². The number of nitrogens with two attached hydrogens (primary N) is 1. The van der Waals surface area contributed by atoms with Crippen molar-refractivity contribution < 1.29 is 9.13 Å². The van der Waals surface area contributed by atoms with Crippen molar-refractivity contribution >= 4 is 0 Å². The largest absolute Gasteiger partial charge is 0.373 e. The molecule has 0 radical (unpaired) electrons. The van der Waals surface area contributed by atoms with E-state index in [0.717, 1.165) is 31.2 Å². The Morgan fingerprint density at radius 2 is 2.06 bits per heavy atom. The first-order chi connectivity index (χ1) is 7.74. The van der Waals surface area contributed by atoms with Crippen molar-refractivity contribution in [2.75, 3.05) is 0 Å². The summed E-state index contributed by atoms with van der Waals surface area (Å²) in [4.78, 5) is 3.79. The molecule has 0 saturated heterocycles. The van der Waals surface area contributed by atoms with Gasteiger partial charge < -0.3 is 10.5 Å². The van der Waals surface area contributed by atoms with Gasteiger partial charge in [0.2, 0.25) is 0 Å². The van der Waals surface area contributed by atoms with E-state index in [1.54, 1.807) is 6.20 Å². The third-order valence-electron chi connectivity index (χ3n) is 2.97. The minimum atomic E-state index is -0.313. The number of rotatable bonds is 3. The first kappa shape index (κ1) is 11.5. The zero-order valence-electron chi connectivity index (χ0n) is 9.23. The molecule has 0 amide bonds. The van der Waals surface area contributed by atoms with Crippen LogP contribution in [0.5, 0.6) is 0 Å². The molecule has 0 aromatic carbocycles. The fraction of sp³-hybridized carbons (Fsp3) is 0.583. The predicted molar refractivity (Wildman–Crippen MR) is 59.2 cm³/mol. The molecular weight excluding hydrogens is 207 g/mol. The van der Waals surface area contributed by atoms with Gasteiger partial charge in [-0.2, -0.15) is 0 Å². The standard InChI is InChI=1S/C12H17FN2O/c13-10-5-9(6-15-7-10)8-16-12-3-1-11(14)2-4-12/h5-7,11-12H,1-4,8,14H2. The second-order valence-corrected chi connectivity index (χ2v) is 4.36. The Balaban J connectivity index is 1.79. The summed E-state index contributed by atoms with van der Waals surface area (Å²) in [5.41, 5.74) is 6.60. The van der Waals surface area contributed by atoms with Gasteiger partial charge in [-0.15, -0.1) is 0 Å². The van der Waals surface area contributed by atoms with E-state index in [1.807, 2.05) is 0 Å². The molecule has 1 aromatic heterocycles. The van der Waals surface area contributed by atoms with E-state index in [1.165, 1.54) is 12.3 Å². The normalized spacial score (nSPS) is 25.6. The second-order valence-electron chi connectivity index (χ2n) is 4.36. The van der Waals surface area contributed by atoms with Gasteiger partial charge in [-0.25, -0.2) is 4.39 Å². The third kappa shape index (κ3) is 3.25. The lowest BCUT2D eigenvalue weighted by Gasteiger charge is -2.26. The molecule has 1 aromatic rings. The van der Waals surface area contributed by atoms with Crippen LogP contribution in [0.3, 0.4) is 0 Å². The van der Waals surface area contributed by atoms with Crippen LogP contribution in [0.15, 0.2) is 18.5 Å². The zero-order chi connectivity index (χ0) is 11.4. The molecule has 1 saturated carbocycles. The number of pyridine rings is 1. The van der Waals surface area contributed by atoms with Gasteiger partial charge in [0.1, 0.15) is 5.82 Å². The van der Waals surface area contributed by atoms with Gasteiger partial charge in [0.25, 0.3) is 0 Å².